The normalized spacial score (nSPS) is 20.4. The third-order valence-electron chi connectivity index (χ3n) is 6.64. The highest BCUT2D eigenvalue weighted by Gasteiger charge is 2.51. The molecule has 1 N–H and O–H groups in total. The summed E-state index contributed by atoms with van der Waals surface area (Å²) in [6.07, 6.45) is 3.32. The standard InChI is InChI=1S/C26H40BNO7/c1-24(2,3)33-23(30)28-21(22(29)32-20-10-8-9-11-20)16-17-31-19-14-12-18(13-15-19)27-34-25(4,5)26(6,7)35-27/h12-15,20-21H,8-11,16-17H2,1-7H3,(H,28,30)/t21-/m1/s1. The molecule has 194 valence electrons. The maximum Gasteiger partial charge on any atom is 0.494 e. The summed E-state index contributed by atoms with van der Waals surface area (Å²) in [5.74, 6) is 0.188. The van der Waals surface area contributed by atoms with Crippen LogP contribution >= 0.6 is 0 Å². The van der Waals surface area contributed by atoms with Crippen molar-refractivity contribution in [2.45, 2.75) is 110 Å². The van der Waals surface area contributed by atoms with E-state index in [4.69, 9.17) is 23.5 Å². The Morgan fingerprint density at radius 2 is 1.63 bits per heavy atom. The molecule has 0 aromatic heterocycles. The smallest absolute Gasteiger partial charge is 0.494 e. The molecule has 1 aromatic rings. The lowest BCUT2D eigenvalue weighted by Gasteiger charge is -2.32. The first kappa shape index (κ1) is 27.3. The molecule has 0 bridgehead atoms. The van der Waals surface area contributed by atoms with Gasteiger partial charge in [0.25, 0.3) is 0 Å². The third-order valence-corrected chi connectivity index (χ3v) is 6.64. The summed E-state index contributed by atoms with van der Waals surface area (Å²) in [4.78, 5) is 25.1. The molecule has 1 saturated heterocycles. The number of nitrogens with one attached hydrogen (secondary N) is 1. The maximum atomic E-state index is 12.8. The molecule has 35 heavy (non-hydrogen) atoms. The van der Waals surface area contributed by atoms with E-state index in [1.54, 1.807) is 20.8 Å². The second-order valence-corrected chi connectivity index (χ2v) is 11.3. The molecule has 1 aromatic carbocycles. The van der Waals surface area contributed by atoms with Crippen molar-refractivity contribution in [1.82, 2.24) is 5.32 Å². The lowest BCUT2D eigenvalue weighted by molar-refractivity contribution is -0.151. The first-order valence-corrected chi connectivity index (χ1v) is 12.5. The average molecular weight is 489 g/mol. The predicted molar refractivity (Wildman–Crippen MR) is 134 cm³/mol. The zero-order valence-corrected chi connectivity index (χ0v) is 22.1. The monoisotopic (exact) mass is 489 g/mol. The van der Waals surface area contributed by atoms with Crippen molar-refractivity contribution in [3.8, 4) is 5.75 Å². The molecule has 2 aliphatic rings. The molecule has 0 radical (unpaired) electrons. The molecule has 1 aliphatic carbocycles. The van der Waals surface area contributed by atoms with Gasteiger partial charge in [0.05, 0.1) is 17.8 Å². The van der Waals surface area contributed by atoms with Crippen molar-refractivity contribution in [2.24, 2.45) is 0 Å². The van der Waals surface area contributed by atoms with Gasteiger partial charge in [0, 0.05) is 6.42 Å². The largest absolute Gasteiger partial charge is 0.494 e. The summed E-state index contributed by atoms with van der Waals surface area (Å²) >= 11 is 0. The number of ether oxygens (including phenoxy) is 3. The minimum atomic E-state index is -0.852. The van der Waals surface area contributed by atoms with E-state index in [1.165, 1.54) is 0 Å². The van der Waals surface area contributed by atoms with Gasteiger partial charge >= 0.3 is 19.2 Å². The van der Waals surface area contributed by atoms with Crippen LogP contribution in [0, 0.1) is 0 Å². The topological polar surface area (TPSA) is 92.3 Å². The average Bonchev–Trinajstić information content (AvgIpc) is 3.31. The fourth-order valence-corrected chi connectivity index (χ4v) is 3.95. The van der Waals surface area contributed by atoms with E-state index in [0.717, 1.165) is 31.1 Å². The van der Waals surface area contributed by atoms with Crippen LogP contribution in [0.15, 0.2) is 24.3 Å². The van der Waals surface area contributed by atoms with Gasteiger partial charge < -0.3 is 28.8 Å². The number of benzene rings is 1. The Balaban J connectivity index is 1.55. The van der Waals surface area contributed by atoms with Gasteiger partial charge in [-0.1, -0.05) is 12.1 Å². The first-order valence-electron chi connectivity index (χ1n) is 12.5. The second-order valence-electron chi connectivity index (χ2n) is 11.3. The summed E-state index contributed by atoms with van der Waals surface area (Å²) < 4.78 is 29.0. The summed E-state index contributed by atoms with van der Waals surface area (Å²) in [6, 6.07) is 6.64. The lowest BCUT2D eigenvalue weighted by atomic mass is 9.79. The van der Waals surface area contributed by atoms with Crippen LogP contribution in [-0.2, 0) is 23.6 Å². The van der Waals surface area contributed by atoms with Gasteiger partial charge in [-0.2, -0.15) is 0 Å². The summed E-state index contributed by atoms with van der Waals surface area (Å²) in [5.41, 5.74) is -0.577. The Kier molecular flexibility index (Phi) is 8.42. The van der Waals surface area contributed by atoms with Gasteiger partial charge in [-0.3, -0.25) is 0 Å². The Bertz CT molecular complexity index is 857. The third kappa shape index (κ3) is 7.61. The molecule has 1 atom stereocenters. The van der Waals surface area contributed by atoms with Gasteiger partial charge in [0.15, 0.2) is 0 Å². The second kappa shape index (κ2) is 10.8. The van der Waals surface area contributed by atoms with Crippen LogP contribution in [0.4, 0.5) is 4.79 Å². The molecule has 1 aliphatic heterocycles. The minimum absolute atomic E-state index is 0.0890. The number of esters is 1. The molecule has 0 spiro atoms. The molecule has 1 heterocycles. The molecule has 1 saturated carbocycles. The van der Waals surface area contributed by atoms with E-state index >= 15 is 0 Å². The van der Waals surface area contributed by atoms with E-state index in [9.17, 15) is 9.59 Å². The zero-order valence-electron chi connectivity index (χ0n) is 22.1. The van der Waals surface area contributed by atoms with E-state index in [-0.39, 0.29) is 19.1 Å². The number of carbonyl (C=O) groups is 2. The van der Waals surface area contributed by atoms with Crippen molar-refractivity contribution in [3.63, 3.8) is 0 Å². The van der Waals surface area contributed by atoms with Gasteiger partial charge in [-0.25, -0.2) is 9.59 Å². The lowest BCUT2D eigenvalue weighted by Crippen LogP contribution is -2.45. The number of amides is 1. The van der Waals surface area contributed by atoms with Crippen molar-refractivity contribution in [2.75, 3.05) is 6.61 Å². The fraction of sp³-hybridized carbons (Fsp3) is 0.692. The van der Waals surface area contributed by atoms with E-state index in [0.29, 0.717) is 5.75 Å². The van der Waals surface area contributed by atoms with Gasteiger partial charge in [0.1, 0.15) is 23.5 Å². The Morgan fingerprint density at radius 1 is 1.06 bits per heavy atom. The Labute approximate surface area is 209 Å². The number of alkyl carbamates (subject to hydrolysis) is 1. The molecule has 0 unspecified atom stereocenters. The maximum absolute atomic E-state index is 12.8. The van der Waals surface area contributed by atoms with Gasteiger partial charge in [-0.05, 0) is 91.7 Å². The summed E-state index contributed by atoms with van der Waals surface area (Å²) in [7, 11) is -0.443. The van der Waals surface area contributed by atoms with E-state index in [1.807, 2.05) is 52.0 Å². The Hall–Kier alpha value is -2.26. The van der Waals surface area contributed by atoms with E-state index < -0.39 is 42.0 Å². The highest BCUT2D eigenvalue weighted by Crippen LogP contribution is 2.36. The molecule has 2 fully saturated rings. The Morgan fingerprint density at radius 3 is 2.17 bits per heavy atom. The minimum Gasteiger partial charge on any atom is -0.494 e. The molecule has 3 rings (SSSR count). The van der Waals surface area contributed by atoms with Crippen LogP contribution in [0.2, 0.25) is 0 Å². The molecule has 1 amide bonds. The fourth-order valence-electron chi connectivity index (χ4n) is 3.95. The highest BCUT2D eigenvalue weighted by atomic mass is 16.7. The number of hydrogen-bond donors (Lipinski definition) is 1. The van der Waals surface area contributed by atoms with Gasteiger partial charge in [-0.15, -0.1) is 0 Å². The number of carbonyl (C=O) groups excluding carboxylic acids is 2. The van der Waals surface area contributed by atoms with Crippen molar-refractivity contribution >= 4 is 24.6 Å². The summed E-state index contributed by atoms with van der Waals surface area (Å²) in [6.45, 7) is 13.6. The van der Waals surface area contributed by atoms with Crippen LogP contribution in [0.25, 0.3) is 0 Å². The molecule has 9 heteroatoms. The molecule has 8 nitrogen and oxygen atoms in total. The highest BCUT2D eigenvalue weighted by molar-refractivity contribution is 6.62. The summed E-state index contributed by atoms with van der Waals surface area (Å²) in [5, 5.41) is 2.65. The number of rotatable bonds is 8. The zero-order chi connectivity index (χ0) is 25.9. The van der Waals surface area contributed by atoms with Crippen LogP contribution in [0.3, 0.4) is 0 Å². The predicted octanol–water partition coefficient (Wildman–Crippen LogP) is 4.13. The van der Waals surface area contributed by atoms with Crippen LogP contribution < -0.4 is 15.5 Å². The SMILES string of the molecule is CC(C)(C)OC(=O)N[C@H](CCOc1ccc(B2OC(C)(C)C(C)(C)O2)cc1)C(=O)OC1CCCC1. The molecular formula is C26H40BNO7. The van der Waals surface area contributed by atoms with Crippen LogP contribution in [0.1, 0.15) is 80.6 Å². The quantitative estimate of drug-likeness (QED) is 0.434. The number of hydrogen-bond acceptors (Lipinski definition) is 7. The van der Waals surface area contributed by atoms with Crippen molar-refractivity contribution in [1.29, 1.82) is 0 Å². The van der Waals surface area contributed by atoms with Crippen LogP contribution in [0.5, 0.6) is 5.75 Å². The first-order chi connectivity index (χ1) is 16.3. The van der Waals surface area contributed by atoms with Crippen molar-refractivity contribution < 1.29 is 33.1 Å². The van der Waals surface area contributed by atoms with Gasteiger partial charge in [0.2, 0.25) is 0 Å². The van der Waals surface area contributed by atoms with Crippen molar-refractivity contribution in [3.05, 3.63) is 24.3 Å². The van der Waals surface area contributed by atoms with Crippen LogP contribution in [-0.4, -0.2) is 54.7 Å². The van der Waals surface area contributed by atoms with E-state index in [2.05, 4.69) is 5.32 Å². The molecular weight excluding hydrogens is 449 g/mol.